The molecule has 1 aromatic rings. The third-order valence-electron chi connectivity index (χ3n) is 3.94. The van der Waals surface area contributed by atoms with Crippen LogP contribution in [0.1, 0.15) is 12.5 Å². The average molecular weight is 362 g/mol. The average Bonchev–Trinajstić information content (AvgIpc) is 2.63. The first kappa shape index (κ1) is 17.5. The first-order chi connectivity index (χ1) is 12.0. The van der Waals surface area contributed by atoms with Gasteiger partial charge in [0, 0.05) is 18.2 Å². The summed E-state index contributed by atoms with van der Waals surface area (Å²) in [7, 11) is 0. The topological polar surface area (TPSA) is 98.9 Å². The van der Waals surface area contributed by atoms with Gasteiger partial charge in [-0.1, -0.05) is 30.3 Å². The quantitative estimate of drug-likeness (QED) is 0.611. The lowest BCUT2D eigenvalue weighted by atomic mass is 10.0. The third kappa shape index (κ3) is 3.54. The van der Waals surface area contributed by atoms with Crippen molar-refractivity contribution in [1.82, 2.24) is 4.90 Å². The summed E-state index contributed by atoms with van der Waals surface area (Å²) in [5, 5.41) is -0.284. The molecule has 1 fully saturated rings. The van der Waals surface area contributed by atoms with Crippen molar-refractivity contribution in [2.75, 3.05) is 12.4 Å². The van der Waals surface area contributed by atoms with E-state index >= 15 is 0 Å². The number of hydrogen-bond acceptors (Lipinski definition) is 7. The lowest BCUT2D eigenvalue weighted by Crippen LogP contribution is -2.68. The molecule has 8 heteroatoms. The van der Waals surface area contributed by atoms with Crippen molar-refractivity contribution in [3.05, 3.63) is 47.2 Å². The molecule has 0 saturated carbocycles. The Morgan fingerprint density at radius 3 is 2.64 bits per heavy atom. The van der Waals surface area contributed by atoms with Crippen LogP contribution in [0.5, 0.6) is 0 Å². The zero-order valence-corrected chi connectivity index (χ0v) is 14.5. The second-order valence-electron chi connectivity index (χ2n) is 5.73. The van der Waals surface area contributed by atoms with Gasteiger partial charge in [-0.3, -0.25) is 14.5 Å². The lowest BCUT2D eigenvalue weighted by Gasteiger charge is -2.48. The minimum atomic E-state index is -0.628. The molecule has 25 heavy (non-hydrogen) atoms. The summed E-state index contributed by atoms with van der Waals surface area (Å²) >= 11 is 1.44. The molecule has 1 aromatic carbocycles. The summed E-state index contributed by atoms with van der Waals surface area (Å²) in [4.78, 5) is 37.1. The number of amides is 1. The van der Waals surface area contributed by atoms with Crippen LogP contribution in [0.2, 0.25) is 0 Å². The second kappa shape index (κ2) is 7.28. The Balaban J connectivity index is 1.79. The molecule has 1 saturated heterocycles. The van der Waals surface area contributed by atoms with E-state index in [1.807, 2.05) is 30.3 Å². The Morgan fingerprint density at radius 1 is 1.24 bits per heavy atom. The van der Waals surface area contributed by atoms with Crippen LogP contribution in [-0.4, -0.2) is 46.5 Å². The predicted molar refractivity (Wildman–Crippen MR) is 91.0 cm³/mol. The highest BCUT2D eigenvalue weighted by atomic mass is 32.2. The lowest BCUT2D eigenvalue weighted by molar-refractivity contribution is -0.151. The Labute approximate surface area is 149 Å². The van der Waals surface area contributed by atoms with E-state index in [-0.39, 0.29) is 30.2 Å². The molecule has 0 aromatic heterocycles. The van der Waals surface area contributed by atoms with E-state index in [9.17, 15) is 14.4 Å². The van der Waals surface area contributed by atoms with E-state index in [1.165, 1.54) is 23.6 Å². The molecular formula is C17H18N2O5S. The van der Waals surface area contributed by atoms with Crippen molar-refractivity contribution in [3.8, 4) is 0 Å². The van der Waals surface area contributed by atoms with Crippen molar-refractivity contribution in [2.24, 2.45) is 5.73 Å². The second-order valence-corrected chi connectivity index (χ2v) is 6.83. The van der Waals surface area contributed by atoms with Gasteiger partial charge < -0.3 is 15.2 Å². The van der Waals surface area contributed by atoms with Gasteiger partial charge in [-0.25, -0.2) is 4.79 Å². The van der Waals surface area contributed by atoms with Crippen LogP contribution in [0, 0.1) is 0 Å². The highest BCUT2D eigenvalue weighted by Gasteiger charge is 2.52. The number of esters is 2. The van der Waals surface area contributed by atoms with E-state index in [0.717, 1.165) is 5.56 Å². The Morgan fingerprint density at radius 2 is 1.96 bits per heavy atom. The number of hydrogen-bond donors (Lipinski definition) is 1. The molecular weight excluding hydrogens is 344 g/mol. The SMILES string of the molecule is CC(=O)OCC1=C(C(=O)OCc2ccccc2)N2C(=O)C(N)[C@@H]2SC1. The summed E-state index contributed by atoms with van der Waals surface area (Å²) in [6, 6.07) is 8.61. The number of carbonyl (C=O) groups is 3. The summed E-state index contributed by atoms with van der Waals surface area (Å²) in [6.07, 6.45) is 0. The number of rotatable bonds is 5. The van der Waals surface area contributed by atoms with Crippen LogP contribution in [0.15, 0.2) is 41.6 Å². The fourth-order valence-corrected chi connectivity index (χ4v) is 3.93. The van der Waals surface area contributed by atoms with E-state index in [2.05, 4.69) is 0 Å². The summed E-state index contributed by atoms with van der Waals surface area (Å²) < 4.78 is 10.4. The number of nitrogens with zero attached hydrogens (tertiary/aromatic N) is 1. The number of ether oxygens (including phenoxy) is 2. The minimum Gasteiger partial charge on any atom is -0.461 e. The minimum absolute atomic E-state index is 0.0517. The largest absolute Gasteiger partial charge is 0.461 e. The van der Waals surface area contributed by atoms with Crippen LogP contribution >= 0.6 is 11.8 Å². The molecule has 1 amide bonds. The smallest absolute Gasteiger partial charge is 0.355 e. The maximum Gasteiger partial charge on any atom is 0.355 e. The van der Waals surface area contributed by atoms with Gasteiger partial charge in [0.15, 0.2) is 0 Å². The Hall–Kier alpha value is -2.32. The van der Waals surface area contributed by atoms with Crippen LogP contribution < -0.4 is 5.73 Å². The van der Waals surface area contributed by atoms with E-state index in [0.29, 0.717) is 11.3 Å². The third-order valence-corrected chi connectivity index (χ3v) is 5.30. The summed E-state index contributed by atoms with van der Waals surface area (Å²) in [6.45, 7) is 1.33. The van der Waals surface area contributed by atoms with Gasteiger partial charge in [0.25, 0.3) is 0 Å². The van der Waals surface area contributed by atoms with Gasteiger partial charge in [0.05, 0.1) is 0 Å². The van der Waals surface area contributed by atoms with Crippen LogP contribution in [-0.2, 0) is 30.5 Å². The predicted octanol–water partition coefficient (Wildman–Crippen LogP) is 0.789. The van der Waals surface area contributed by atoms with Gasteiger partial charge in [-0.15, -0.1) is 11.8 Å². The summed E-state index contributed by atoms with van der Waals surface area (Å²) in [5.74, 6) is -0.949. The zero-order valence-electron chi connectivity index (χ0n) is 13.6. The molecule has 2 aliphatic rings. The Bertz CT molecular complexity index is 734. The molecule has 2 N–H and O–H groups in total. The van der Waals surface area contributed by atoms with Crippen molar-refractivity contribution < 1.29 is 23.9 Å². The highest BCUT2D eigenvalue weighted by molar-refractivity contribution is 8.00. The zero-order chi connectivity index (χ0) is 18.0. The van der Waals surface area contributed by atoms with Gasteiger partial charge in [-0.05, 0) is 5.56 Å². The van der Waals surface area contributed by atoms with Crippen LogP contribution in [0.4, 0.5) is 0 Å². The highest BCUT2D eigenvalue weighted by Crippen LogP contribution is 2.39. The molecule has 7 nitrogen and oxygen atoms in total. The van der Waals surface area contributed by atoms with Gasteiger partial charge in [0.2, 0.25) is 5.91 Å². The number of thioether (sulfide) groups is 1. The molecule has 132 valence electrons. The number of benzene rings is 1. The number of fused-ring (bicyclic) bond motifs is 1. The maximum absolute atomic E-state index is 12.6. The fourth-order valence-electron chi connectivity index (χ4n) is 2.66. The molecule has 3 rings (SSSR count). The summed E-state index contributed by atoms with van der Waals surface area (Å²) in [5.41, 5.74) is 7.34. The molecule has 0 bridgehead atoms. The normalized spacial score (nSPS) is 22.2. The molecule has 0 aliphatic carbocycles. The number of β-lactam (4-membered cyclic amide) rings is 1. The van der Waals surface area contributed by atoms with Gasteiger partial charge in [-0.2, -0.15) is 0 Å². The first-order valence-electron chi connectivity index (χ1n) is 7.75. The monoisotopic (exact) mass is 362 g/mol. The number of carbonyl (C=O) groups excluding carboxylic acids is 3. The molecule has 0 spiro atoms. The fraction of sp³-hybridized carbons (Fsp3) is 0.353. The standard InChI is InChI=1S/C17H18N2O5S/c1-10(20)23-8-12-9-25-16-13(18)15(21)19(16)14(12)17(22)24-7-11-5-3-2-4-6-11/h2-6,13,16H,7-9,18H2,1H3/t13?,16-/m0/s1. The van der Waals surface area contributed by atoms with Gasteiger partial charge in [0.1, 0.15) is 30.3 Å². The van der Waals surface area contributed by atoms with Crippen molar-refractivity contribution in [1.29, 1.82) is 0 Å². The van der Waals surface area contributed by atoms with Crippen molar-refractivity contribution >= 4 is 29.6 Å². The first-order valence-corrected chi connectivity index (χ1v) is 8.80. The van der Waals surface area contributed by atoms with Crippen molar-refractivity contribution in [2.45, 2.75) is 24.9 Å². The molecule has 2 aliphatic heterocycles. The molecule has 2 heterocycles. The molecule has 2 atom stereocenters. The maximum atomic E-state index is 12.6. The van der Waals surface area contributed by atoms with Crippen molar-refractivity contribution in [3.63, 3.8) is 0 Å². The van der Waals surface area contributed by atoms with E-state index < -0.39 is 18.0 Å². The van der Waals surface area contributed by atoms with E-state index in [1.54, 1.807) is 0 Å². The van der Waals surface area contributed by atoms with Crippen LogP contribution in [0.25, 0.3) is 0 Å². The number of nitrogens with two attached hydrogens (primary N) is 1. The molecule has 0 radical (unpaired) electrons. The van der Waals surface area contributed by atoms with E-state index in [4.69, 9.17) is 15.2 Å². The molecule has 1 unspecified atom stereocenters. The van der Waals surface area contributed by atoms with Gasteiger partial charge >= 0.3 is 11.9 Å². The van der Waals surface area contributed by atoms with Crippen LogP contribution in [0.3, 0.4) is 0 Å². The Kier molecular flexibility index (Phi) is 5.10.